The summed E-state index contributed by atoms with van der Waals surface area (Å²) >= 11 is 3.75. The molecule has 0 aromatic rings. The van der Waals surface area contributed by atoms with Gasteiger partial charge in [0.25, 0.3) is 0 Å². The van der Waals surface area contributed by atoms with Crippen LogP contribution in [0, 0.1) is 0 Å². The van der Waals surface area contributed by atoms with Crippen LogP contribution in [0.2, 0.25) is 0 Å². The fourth-order valence-corrected chi connectivity index (χ4v) is 1.20. The molecular weight excluding hydrogens is 224 g/mol. The Balaban J connectivity index is 4.01. The topological polar surface area (TPSA) is 46.5 Å². The van der Waals surface area contributed by atoms with E-state index in [0.717, 1.165) is 18.4 Å². The van der Waals surface area contributed by atoms with E-state index in [4.69, 9.17) is 0 Å². The zero-order chi connectivity index (χ0) is 12.6. The van der Waals surface area contributed by atoms with Gasteiger partial charge in [-0.3, -0.25) is 4.79 Å². The van der Waals surface area contributed by atoms with Crippen molar-refractivity contribution in [2.24, 2.45) is 0 Å². The first-order valence-corrected chi connectivity index (χ1v) is 5.88. The van der Waals surface area contributed by atoms with E-state index in [-0.39, 0.29) is 5.75 Å². The third kappa shape index (κ3) is 8.56. The monoisotopic (exact) mass is 244 g/mol. The van der Waals surface area contributed by atoms with Crippen LogP contribution in [0.3, 0.4) is 0 Å². The first kappa shape index (κ1) is 15.3. The smallest absolute Gasteiger partial charge is 0.318 e. The maximum absolute atomic E-state index is 10.8. The van der Waals surface area contributed by atoms with E-state index < -0.39 is 12.3 Å². The summed E-state index contributed by atoms with van der Waals surface area (Å²) in [5.41, 5.74) is 2.27. The summed E-state index contributed by atoms with van der Waals surface area (Å²) in [5.74, 6) is -0.550. The van der Waals surface area contributed by atoms with Crippen LogP contribution in [0.25, 0.3) is 0 Å². The number of aliphatic hydroxyl groups excluding tert-OH is 1. The highest BCUT2D eigenvalue weighted by atomic mass is 32.1. The Bertz CT molecular complexity index is 278. The summed E-state index contributed by atoms with van der Waals surface area (Å²) in [6.07, 6.45) is 4.29. The molecule has 0 heterocycles. The average Bonchev–Trinajstić information content (AvgIpc) is 2.16. The number of carbonyl (C=O) groups excluding carboxylic acids is 1. The van der Waals surface area contributed by atoms with Crippen LogP contribution in [-0.4, -0.2) is 23.1 Å². The molecule has 0 saturated heterocycles. The molecule has 16 heavy (non-hydrogen) atoms. The van der Waals surface area contributed by atoms with Crippen LogP contribution in [0.15, 0.2) is 23.3 Å². The van der Waals surface area contributed by atoms with Crippen LogP contribution >= 0.6 is 12.6 Å². The van der Waals surface area contributed by atoms with Crippen molar-refractivity contribution in [3.8, 4) is 0 Å². The fourth-order valence-electron chi connectivity index (χ4n) is 1.12. The van der Waals surface area contributed by atoms with Crippen LogP contribution in [0.4, 0.5) is 0 Å². The van der Waals surface area contributed by atoms with Gasteiger partial charge in [0, 0.05) is 0 Å². The van der Waals surface area contributed by atoms with Crippen molar-refractivity contribution in [3.05, 3.63) is 23.3 Å². The van der Waals surface area contributed by atoms with E-state index in [1.165, 1.54) is 5.57 Å². The SMILES string of the molecule is CC(C)=CCC/C(C)=C/C(O)OC(=O)CS. The second-order valence-corrected chi connectivity index (χ2v) is 4.19. The molecule has 0 aromatic carbocycles. The molecule has 0 aromatic heterocycles. The van der Waals surface area contributed by atoms with Gasteiger partial charge in [0.05, 0.1) is 5.75 Å². The molecule has 0 amide bonds. The molecule has 0 fully saturated rings. The number of rotatable bonds is 6. The minimum absolute atomic E-state index is 0.0261. The first-order valence-electron chi connectivity index (χ1n) is 5.24. The molecule has 1 N–H and O–H groups in total. The quantitative estimate of drug-likeness (QED) is 0.326. The number of hydrogen-bond acceptors (Lipinski definition) is 4. The minimum atomic E-state index is -1.16. The zero-order valence-electron chi connectivity index (χ0n) is 10.1. The molecule has 0 radical (unpaired) electrons. The highest BCUT2D eigenvalue weighted by Crippen LogP contribution is 2.08. The largest absolute Gasteiger partial charge is 0.432 e. The van der Waals surface area contributed by atoms with Crippen molar-refractivity contribution in [1.82, 2.24) is 0 Å². The van der Waals surface area contributed by atoms with Crippen molar-refractivity contribution in [2.75, 3.05) is 5.75 Å². The standard InChI is InChI=1S/C12H20O3S/c1-9(2)5-4-6-10(3)7-11(13)15-12(14)8-16/h5,7,11,13,16H,4,6,8H2,1-3H3/b10-7+. The normalized spacial score (nSPS) is 13.2. The minimum Gasteiger partial charge on any atom is -0.432 e. The summed E-state index contributed by atoms with van der Waals surface area (Å²) in [6.45, 7) is 5.99. The number of aliphatic hydroxyl groups is 1. The molecule has 3 nitrogen and oxygen atoms in total. The van der Waals surface area contributed by atoms with E-state index in [9.17, 15) is 9.90 Å². The van der Waals surface area contributed by atoms with Crippen molar-refractivity contribution >= 4 is 18.6 Å². The molecule has 4 heteroatoms. The maximum Gasteiger partial charge on any atom is 0.318 e. The fraction of sp³-hybridized carbons (Fsp3) is 0.583. The highest BCUT2D eigenvalue weighted by Gasteiger charge is 2.06. The molecular formula is C12H20O3S. The van der Waals surface area contributed by atoms with Crippen molar-refractivity contribution in [2.45, 2.75) is 39.9 Å². The van der Waals surface area contributed by atoms with Crippen LogP contribution in [0.5, 0.6) is 0 Å². The highest BCUT2D eigenvalue weighted by molar-refractivity contribution is 7.81. The summed E-state index contributed by atoms with van der Waals surface area (Å²) in [6, 6.07) is 0. The average molecular weight is 244 g/mol. The number of esters is 1. The van der Waals surface area contributed by atoms with Gasteiger partial charge in [-0.2, -0.15) is 12.6 Å². The van der Waals surface area contributed by atoms with Gasteiger partial charge >= 0.3 is 5.97 Å². The summed E-state index contributed by atoms with van der Waals surface area (Å²) in [5, 5.41) is 9.36. The molecule has 1 atom stereocenters. The van der Waals surface area contributed by atoms with Crippen molar-refractivity contribution < 1.29 is 14.6 Å². The Morgan fingerprint density at radius 3 is 2.56 bits per heavy atom. The summed E-state index contributed by atoms with van der Waals surface area (Å²) < 4.78 is 4.65. The van der Waals surface area contributed by atoms with Crippen LogP contribution in [-0.2, 0) is 9.53 Å². The van der Waals surface area contributed by atoms with Gasteiger partial charge in [-0.15, -0.1) is 0 Å². The summed E-state index contributed by atoms with van der Waals surface area (Å²) in [4.78, 5) is 10.8. The Hall–Kier alpha value is -0.740. The third-order valence-electron chi connectivity index (χ3n) is 1.90. The lowest BCUT2D eigenvalue weighted by molar-refractivity contribution is -0.157. The number of thiol groups is 1. The Labute approximate surface area is 103 Å². The van der Waals surface area contributed by atoms with Crippen molar-refractivity contribution in [1.29, 1.82) is 0 Å². The molecule has 1 unspecified atom stereocenters. The van der Waals surface area contributed by atoms with Gasteiger partial charge in [-0.05, 0) is 39.7 Å². The molecule has 92 valence electrons. The number of ether oxygens (including phenoxy) is 1. The van der Waals surface area contributed by atoms with Crippen molar-refractivity contribution in [3.63, 3.8) is 0 Å². The Morgan fingerprint density at radius 2 is 2.06 bits per heavy atom. The van der Waals surface area contributed by atoms with Crippen LogP contribution < -0.4 is 0 Å². The number of allylic oxidation sites excluding steroid dienone is 3. The second kappa shape index (κ2) is 8.42. The molecule has 0 aliphatic carbocycles. The number of hydrogen-bond donors (Lipinski definition) is 2. The second-order valence-electron chi connectivity index (χ2n) is 3.87. The van der Waals surface area contributed by atoms with Gasteiger partial charge in [-0.1, -0.05) is 17.2 Å². The van der Waals surface area contributed by atoms with Gasteiger partial charge < -0.3 is 9.84 Å². The first-order chi connectivity index (χ1) is 7.45. The van der Waals surface area contributed by atoms with Crippen LogP contribution in [0.1, 0.15) is 33.6 Å². The van der Waals surface area contributed by atoms with E-state index >= 15 is 0 Å². The predicted molar refractivity (Wildman–Crippen MR) is 68.4 cm³/mol. The van der Waals surface area contributed by atoms with E-state index in [0.29, 0.717) is 0 Å². The van der Waals surface area contributed by atoms with Gasteiger partial charge in [0.15, 0.2) is 0 Å². The molecule has 0 bridgehead atoms. The zero-order valence-corrected chi connectivity index (χ0v) is 11.0. The molecule has 0 spiro atoms. The maximum atomic E-state index is 10.8. The molecule has 0 rings (SSSR count). The Morgan fingerprint density at radius 1 is 1.44 bits per heavy atom. The molecule has 0 aliphatic heterocycles. The van der Waals surface area contributed by atoms with E-state index in [1.807, 2.05) is 20.8 Å². The molecule has 0 saturated carbocycles. The molecule has 0 aliphatic rings. The summed E-state index contributed by atoms with van der Waals surface area (Å²) in [7, 11) is 0. The predicted octanol–water partition coefficient (Wildman–Crippen LogP) is 2.47. The third-order valence-corrected chi connectivity index (χ3v) is 2.16. The lowest BCUT2D eigenvalue weighted by atomic mass is 10.1. The Kier molecular flexibility index (Phi) is 8.03. The van der Waals surface area contributed by atoms with E-state index in [1.54, 1.807) is 6.08 Å². The van der Waals surface area contributed by atoms with E-state index in [2.05, 4.69) is 23.4 Å². The number of carbonyl (C=O) groups is 1. The lowest BCUT2D eigenvalue weighted by Crippen LogP contribution is -2.16. The van der Waals surface area contributed by atoms with Gasteiger partial charge in [0.2, 0.25) is 6.29 Å². The van der Waals surface area contributed by atoms with Gasteiger partial charge in [0.1, 0.15) is 0 Å². The lowest BCUT2D eigenvalue weighted by Gasteiger charge is -2.08. The van der Waals surface area contributed by atoms with Gasteiger partial charge in [-0.25, -0.2) is 0 Å².